The van der Waals surface area contributed by atoms with E-state index in [1.54, 1.807) is 0 Å². The maximum Gasteiger partial charge on any atom is 0.164 e. The first-order valence-electron chi connectivity index (χ1n) is 44.6. The molecule has 0 unspecified atom stereocenters. The van der Waals surface area contributed by atoms with E-state index in [4.69, 9.17) is 74.8 Å². The second kappa shape index (κ2) is 34.7. The molecule has 24 aromatic rings. The molecule has 634 valence electrons. The third kappa shape index (κ3) is 15.4. The molecule has 0 aliphatic carbocycles. The molecule has 17 aromatic carbocycles. The summed E-state index contributed by atoms with van der Waals surface area (Å²) in [5, 5.41) is 13.9. The highest BCUT2D eigenvalue weighted by molar-refractivity contribution is 6.14. The minimum atomic E-state index is 0.441. The van der Waals surface area contributed by atoms with Gasteiger partial charge in [-0.25, -0.2) is 74.8 Å². The molecule has 136 heavy (non-hydrogen) atoms. The van der Waals surface area contributed by atoms with Crippen LogP contribution in [-0.2, 0) is 0 Å². The van der Waals surface area contributed by atoms with Gasteiger partial charge in [0, 0.05) is 116 Å². The molecular weight excluding hydrogens is 1670 g/mol. The quantitative estimate of drug-likeness (QED) is 0.0733. The number of hydrogen-bond acceptors (Lipinski definition) is 16. The van der Waals surface area contributed by atoms with Crippen LogP contribution in [0.25, 0.3) is 248 Å². The Morgan fingerprint density at radius 3 is 0.507 bits per heavy atom. The zero-order valence-corrected chi connectivity index (χ0v) is 72.6. The molecule has 0 fully saturated rings. The van der Waals surface area contributed by atoms with Crippen molar-refractivity contribution in [1.82, 2.24) is 83.9 Å². The fourth-order valence-corrected chi connectivity index (χ4v) is 17.8. The summed E-state index contributed by atoms with van der Waals surface area (Å²) >= 11 is 0. The van der Waals surface area contributed by atoms with Crippen molar-refractivity contribution < 1.29 is 0 Å². The summed E-state index contributed by atoms with van der Waals surface area (Å²) < 4.78 is 4.72. The van der Waals surface area contributed by atoms with Crippen LogP contribution in [-0.4, -0.2) is 83.9 Å². The summed E-state index contributed by atoms with van der Waals surface area (Å²) in [6, 6.07) is 150. The molecule has 18 heteroatoms. The van der Waals surface area contributed by atoms with Crippen LogP contribution in [0, 0.1) is 11.3 Å². The van der Waals surface area contributed by atoms with Gasteiger partial charge in [-0.3, -0.25) is 0 Å². The minimum Gasteiger partial charge on any atom is -0.309 e. The van der Waals surface area contributed by atoms with Gasteiger partial charge in [0.2, 0.25) is 0 Å². The van der Waals surface area contributed by atoms with Crippen molar-refractivity contribution in [2.75, 3.05) is 0 Å². The van der Waals surface area contributed by atoms with E-state index in [1.165, 1.54) is 0 Å². The summed E-state index contributed by atoms with van der Waals surface area (Å²) in [6.45, 7) is 0. The molecule has 24 rings (SSSR count). The normalized spacial score (nSPS) is 11.4. The smallest absolute Gasteiger partial charge is 0.164 e. The Kier molecular flexibility index (Phi) is 20.5. The maximum absolute atomic E-state index is 10.4. The number of nitriles is 1. The van der Waals surface area contributed by atoms with Crippen LogP contribution in [0.1, 0.15) is 5.56 Å². The van der Waals surface area contributed by atoms with Crippen molar-refractivity contribution in [3.63, 3.8) is 0 Å². The Morgan fingerprint density at radius 2 is 0.309 bits per heavy atom. The predicted molar refractivity (Wildman–Crippen MR) is 539 cm³/mol. The van der Waals surface area contributed by atoms with Crippen LogP contribution in [0.2, 0.25) is 0 Å². The van der Waals surface area contributed by atoms with Gasteiger partial charge in [0.05, 0.1) is 45.1 Å². The summed E-state index contributed by atoms with van der Waals surface area (Å²) in [5.41, 5.74) is 21.0. The van der Waals surface area contributed by atoms with Crippen molar-refractivity contribution in [3.8, 4) is 211 Å². The van der Waals surface area contributed by atoms with Crippen LogP contribution in [0.3, 0.4) is 0 Å². The third-order valence-corrected chi connectivity index (χ3v) is 24.4. The molecule has 0 spiro atoms. The average Bonchev–Trinajstić information content (AvgIpc) is 1.56. The monoisotopic (exact) mass is 1740 g/mol. The van der Waals surface area contributed by atoms with E-state index in [-0.39, 0.29) is 0 Å². The lowest BCUT2D eigenvalue weighted by atomic mass is 9.94. The third-order valence-electron chi connectivity index (χ3n) is 24.4. The minimum absolute atomic E-state index is 0.441. The Balaban J connectivity index is 0.800. The van der Waals surface area contributed by atoms with Crippen LogP contribution in [0.5, 0.6) is 0 Å². The van der Waals surface area contributed by atoms with Gasteiger partial charge in [0.25, 0.3) is 0 Å². The van der Waals surface area contributed by atoms with E-state index in [9.17, 15) is 5.26 Å². The molecule has 7 heterocycles. The van der Waals surface area contributed by atoms with E-state index in [0.29, 0.717) is 98.5 Å². The molecule has 18 nitrogen and oxygen atoms in total. The van der Waals surface area contributed by atoms with Gasteiger partial charge < -0.3 is 9.13 Å². The second-order valence-electron chi connectivity index (χ2n) is 32.9. The molecule has 0 saturated heterocycles. The van der Waals surface area contributed by atoms with Crippen LogP contribution < -0.4 is 0 Å². The van der Waals surface area contributed by atoms with Gasteiger partial charge in [-0.1, -0.05) is 322 Å². The molecule has 0 atom stereocenters. The van der Waals surface area contributed by atoms with Crippen LogP contribution in [0.4, 0.5) is 0 Å². The van der Waals surface area contributed by atoms with Gasteiger partial charge in [0.1, 0.15) is 0 Å². The fraction of sp³-hybridized carbons (Fsp3) is 0. The van der Waals surface area contributed by atoms with Gasteiger partial charge in [-0.2, -0.15) is 5.26 Å². The summed E-state index contributed by atoms with van der Waals surface area (Å²) in [6.07, 6.45) is 0. The first-order valence-corrected chi connectivity index (χ1v) is 44.6. The molecule has 0 amide bonds. The van der Waals surface area contributed by atoms with E-state index in [0.717, 1.165) is 155 Å². The number of nitrogens with zero attached hydrogens (tertiary/aromatic N) is 18. The summed E-state index contributed by atoms with van der Waals surface area (Å²) in [5.74, 6) is 7.60. The maximum atomic E-state index is 10.4. The first kappa shape index (κ1) is 80.2. The van der Waals surface area contributed by atoms with Crippen molar-refractivity contribution in [1.29, 1.82) is 5.26 Å². The Bertz CT molecular complexity index is 8080. The van der Waals surface area contributed by atoms with E-state index >= 15 is 0 Å². The summed E-state index contributed by atoms with van der Waals surface area (Å²) in [7, 11) is 0. The highest BCUT2D eigenvalue weighted by Crippen LogP contribution is 2.47. The van der Waals surface area contributed by atoms with Gasteiger partial charge in [-0.05, 0) is 126 Å². The second-order valence-corrected chi connectivity index (χ2v) is 32.9. The molecule has 0 saturated carbocycles. The standard InChI is InChI=1S/C118H72N18/c119-73-74-51-53-75(54-52-74)86-55-61-98(135-100-63-57-88(115-127-106(78-35-15-3-16-36-78)121-107(128-115)79-37-17-4-18-38-79)69-94(100)95-70-89(58-64-101(95)135)116-129-108(80-39-19-5-20-40-80)122-109(130-116)81-41-21-6-22-42-81)92(67-86)93-68-87(114-125-104(76-31-11-1-12-32-76)120-105(126-114)77-33-13-2-14-34-77)56-62-99(93)136-102-65-59-90(117-131-110(82-43-23-7-24-44-82)123-111(132-117)83-45-25-8-26-46-83)71-96(102)97-72-91(60-66-103(97)136)118-133-112(84-47-27-9-28-48-84)124-113(134-118)85-49-29-10-30-50-85/h1-72H. The molecule has 0 bridgehead atoms. The molecule has 0 N–H and O–H groups in total. The lowest BCUT2D eigenvalue weighted by molar-refractivity contribution is 1.07. The van der Waals surface area contributed by atoms with Crippen LogP contribution in [0.15, 0.2) is 437 Å². The molecule has 0 aliphatic heterocycles. The Hall–Kier alpha value is -19.1. The van der Waals surface area contributed by atoms with Crippen molar-refractivity contribution >= 4 is 43.6 Å². The fourth-order valence-electron chi connectivity index (χ4n) is 17.8. The number of fused-ring (bicyclic) bond motifs is 6. The topological polar surface area (TPSA) is 227 Å². The van der Waals surface area contributed by atoms with Crippen LogP contribution >= 0.6 is 0 Å². The van der Waals surface area contributed by atoms with Gasteiger partial charge >= 0.3 is 0 Å². The van der Waals surface area contributed by atoms with Gasteiger partial charge in [0.15, 0.2) is 87.4 Å². The summed E-state index contributed by atoms with van der Waals surface area (Å²) in [4.78, 5) is 79.6. The lowest BCUT2D eigenvalue weighted by Crippen LogP contribution is -2.04. The predicted octanol–water partition coefficient (Wildman–Crippen LogP) is 27.0. The number of rotatable bonds is 19. The zero-order valence-electron chi connectivity index (χ0n) is 72.6. The Morgan fingerprint density at radius 1 is 0.147 bits per heavy atom. The van der Waals surface area contributed by atoms with Crippen molar-refractivity contribution in [3.05, 3.63) is 442 Å². The number of hydrogen-bond donors (Lipinski definition) is 0. The van der Waals surface area contributed by atoms with E-state index < -0.39 is 0 Å². The molecular formula is C118H72N18. The lowest BCUT2D eigenvalue weighted by Gasteiger charge is -2.21. The SMILES string of the molecule is N#Cc1ccc(-c2ccc(-n3c4ccc(-c5nc(-c6ccccc6)nc(-c6ccccc6)n5)cc4c4cc(-c5nc(-c6ccccc6)nc(-c6ccccc6)n5)ccc43)c(-c3cc(-c4nc(-c5ccccc5)nc(-c5ccccc5)n4)ccc3-n3c4ccc(-c5nc(-c6ccccc6)nc(-c6ccccc6)n5)cc4c4cc(-c5nc(-c6ccccc6)nc(-c6ccccc6)n5)ccc43)c2)cc1. The average molecular weight is 1740 g/mol. The highest BCUT2D eigenvalue weighted by Gasteiger charge is 2.28. The largest absolute Gasteiger partial charge is 0.309 e. The molecule has 0 radical (unpaired) electrons. The van der Waals surface area contributed by atoms with Crippen molar-refractivity contribution in [2.45, 2.75) is 0 Å². The number of aromatic nitrogens is 17. The Labute approximate surface area is 780 Å². The highest BCUT2D eigenvalue weighted by atomic mass is 15.1. The first-order chi connectivity index (χ1) is 67.3. The molecule has 7 aromatic heterocycles. The molecule has 0 aliphatic rings. The van der Waals surface area contributed by atoms with Gasteiger partial charge in [-0.15, -0.1) is 0 Å². The number of benzene rings is 17. The zero-order chi connectivity index (χ0) is 90.4. The van der Waals surface area contributed by atoms with E-state index in [2.05, 4.69) is 124 Å². The van der Waals surface area contributed by atoms with E-state index in [1.807, 2.05) is 328 Å². The van der Waals surface area contributed by atoms with Crippen molar-refractivity contribution in [2.24, 2.45) is 0 Å².